The van der Waals surface area contributed by atoms with E-state index in [4.69, 9.17) is 9.15 Å². The monoisotopic (exact) mass is 428 g/mol. The predicted molar refractivity (Wildman–Crippen MR) is 115 cm³/mol. The Kier molecular flexibility index (Phi) is 7.66. The van der Waals surface area contributed by atoms with Crippen LogP contribution in [0.2, 0.25) is 0 Å². The van der Waals surface area contributed by atoms with Gasteiger partial charge in [-0.1, -0.05) is 6.07 Å². The molecule has 0 radical (unpaired) electrons. The third-order valence-corrected chi connectivity index (χ3v) is 4.74. The molecule has 0 aliphatic carbocycles. The maximum Gasteiger partial charge on any atom is 0.291 e. The van der Waals surface area contributed by atoms with Crippen molar-refractivity contribution in [3.63, 3.8) is 0 Å². The first kappa shape index (κ1) is 22.4. The lowest BCUT2D eigenvalue weighted by molar-refractivity contribution is -0.135. The second kappa shape index (κ2) is 10.6. The standard InChI is InChI=1S/C22H28N4O5/c1-16(2)23-20(27)14-25-8-10-26(11-9-25)21(28)15-31-18-6-3-5-17(13-18)24-22(29)19-7-4-12-30-19/h3-7,12-13,16H,8-11,14-15H2,1-2H3,(H,23,27)(H,24,29). The molecule has 1 aromatic heterocycles. The van der Waals surface area contributed by atoms with Crippen molar-refractivity contribution in [1.29, 1.82) is 0 Å². The highest BCUT2D eigenvalue weighted by Gasteiger charge is 2.23. The van der Waals surface area contributed by atoms with E-state index in [-0.39, 0.29) is 36.1 Å². The molecule has 3 amide bonds. The van der Waals surface area contributed by atoms with E-state index in [1.54, 1.807) is 41.3 Å². The van der Waals surface area contributed by atoms with E-state index in [2.05, 4.69) is 10.6 Å². The van der Waals surface area contributed by atoms with Crippen molar-refractivity contribution in [3.05, 3.63) is 48.4 Å². The van der Waals surface area contributed by atoms with E-state index in [0.29, 0.717) is 44.2 Å². The van der Waals surface area contributed by atoms with E-state index in [9.17, 15) is 14.4 Å². The van der Waals surface area contributed by atoms with Gasteiger partial charge in [-0.3, -0.25) is 19.3 Å². The van der Waals surface area contributed by atoms with E-state index in [1.807, 2.05) is 18.7 Å². The molecule has 1 aliphatic heterocycles. The minimum absolute atomic E-state index is 0.00266. The van der Waals surface area contributed by atoms with Crippen molar-refractivity contribution < 1.29 is 23.5 Å². The number of carbonyl (C=O) groups is 3. The Morgan fingerprint density at radius 2 is 1.87 bits per heavy atom. The molecule has 0 spiro atoms. The molecule has 1 saturated heterocycles. The smallest absolute Gasteiger partial charge is 0.291 e. The second-order valence-electron chi connectivity index (χ2n) is 7.63. The Morgan fingerprint density at radius 1 is 1.10 bits per heavy atom. The molecule has 1 aliphatic rings. The molecule has 31 heavy (non-hydrogen) atoms. The van der Waals surface area contributed by atoms with Crippen LogP contribution in [0, 0.1) is 0 Å². The van der Waals surface area contributed by atoms with Crippen LogP contribution in [0.25, 0.3) is 0 Å². The van der Waals surface area contributed by atoms with Crippen molar-refractivity contribution in [1.82, 2.24) is 15.1 Å². The molecule has 1 aromatic carbocycles. The first-order chi connectivity index (χ1) is 14.9. The van der Waals surface area contributed by atoms with Crippen LogP contribution in [-0.4, -0.2) is 72.9 Å². The van der Waals surface area contributed by atoms with Crippen LogP contribution in [0.1, 0.15) is 24.4 Å². The second-order valence-corrected chi connectivity index (χ2v) is 7.63. The fraction of sp³-hybridized carbons (Fsp3) is 0.409. The van der Waals surface area contributed by atoms with Gasteiger partial charge in [0.05, 0.1) is 12.8 Å². The van der Waals surface area contributed by atoms with Crippen molar-refractivity contribution in [2.45, 2.75) is 19.9 Å². The summed E-state index contributed by atoms with van der Waals surface area (Å²) in [4.78, 5) is 40.2. The zero-order valence-corrected chi connectivity index (χ0v) is 17.8. The van der Waals surface area contributed by atoms with Crippen LogP contribution < -0.4 is 15.4 Å². The average Bonchev–Trinajstić information content (AvgIpc) is 3.27. The first-order valence-electron chi connectivity index (χ1n) is 10.3. The highest BCUT2D eigenvalue weighted by Crippen LogP contribution is 2.18. The van der Waals surface area contributed by atoms with Crippen LogP contribution in [0.15, 0.2) is 47.1 Å². The lowest BCUT2D eigenvalue weighted by Gasteiger charge is -2.34. The number of amides is 3. The van der Waals surface area contributed by atoms with Gasteiger partial charge in [0.15, 0.2) is 12.4 Å². The van der Waals surface area contributed by atoms with Crippen LogP contribution in [0.4, 0.5) is 5.69 Å². The summed E-state index contributed by atoms with van der Waals surface area (Å²) in [6, 6.07) is 10.2. The van der Waals surface area contributed by atoms with Gasteiger partial charge in [-0.25, -0.2) is 0 Å². The van der Waals surface area contributed by atoms with Gasteiger partial charge in [0.1, 0.15) is 5.75 Å². The largest absolute Gasteiger partial charge is 0.484 e. The Balaban J connectivity index is 1.43. The summed E-state index contributed by atoms with van der Waals surface area (Å²) in [5.41, 5.74) is 0.541. The van der Waals surface area contributed by atoms with Crippen molar-refractivity contribution in [2.24, 2.45) is 0 Å². The summed E-state index contributed by atoms with van der Waals surface area (Å²) in [5, 5.41) is 5.60. The zero-order chi connectivity index (χ0) is 22.2. The molecule has 0 saturated carbocycles. The van der Waals surface area contributed by atoms with Crippen LogP contribution in [-0.2, 0) is 9.59 Å². The van der Waals surface area contributed by atoms with Gasteiger partial charge in [0.2, 0.25) is 5.91 Å². The number of furan rings is 1. The van der Waals surface area contributed by atoms with Crippen LogP contribution >= 0.6 is 0 Å². The Hall–Kier alpha value is -3.33. The molecule has 9 heteroatoms. The number of hydrogen-bond donors (Lipinski definition) is 2. The fourth-order valence-corrected chi connectivity index (χ4v) is 3.23. The minimum atomic E-state index is -0.363. The number of rotatable bonds is 8. The highest BCUT2D eigenvalue weighted by atomic mass is 16.5. The Morgan fingerprint density at radius 3 is 2.55 bits per heavy atom. The molecule has 0 unspecified atom stereocenters. The third-order valence-electron chi connectivity index (χ3n) is 4.74. The van der Waals surface area contributed by atoms with Gasteiger partial charge < -0.3 is 24.7 Å². The number of hydrogen-bond acceptors (Lipinski definition) is 6. The number of ether oxygens (including phenoxy) is 1. The SMILES string of the molecule is CC(C)NC(=O)CN1CCN(C(=O)COc2cccc(NC(=O)c3ccco3)c2)CC1. The predicted octanol–water partition coefficient (Wildman–Crippen LogP) is 1.58. The van der Waals surface area contributed by atoms with Gasteiger partial charge in [-0.05, 0) is 38.1 Å². The normalized spacial score (nSPS) is 14.4. The zero-order valence-electron chi connectivity index (χ0n) is 17.8. The number of benzene rings is 1. The van der Waals surface area contributed by atoms with Gasteiger partial charge in [0.25, 0.3) is 11.8 Å². The van der Waals surface area contributed by atoms with Crippen LogP contribution in [0.5, 0.6) is 5.75 Å². The van der Waals surface area contributed by atoms with E-state index < -0.39 is 0 Å². The maximum absolute atomic E-state index is 12.5. The van der Waals surface area contributed by atoms with Gasteiger partial charge in [-0.2, -0.15) is 0 Å². The van der Waals surface area contributed by atoms with Gasteiger partial charge in [0, 0.05) is 44.0 Å². The summed E-state index contributed by atoms with van der Waals surface area (Å²) in [7, 11) is 0. The molecule has 3 rings (SSSR count). The van der Waals surface area contributed by atoms with Crippen molar-refractivity contribution in [3.8, 4) is 5.75 Å². The molecule has 166 valence electrons. The molecule has 9 nitrogen and oxygen atoms in total. The van der Waals surface area contributed by atoms with E-state index in [0.717, 1.165) is 0 Å². The third kappa shape index (κ3) is 6.85. The van der Waals surface area contributed by atoms with Gasteiger partial charge in [-0.15, -0.1) is 0 Å². The van der Waals surface area contributed by atoms with E-state index in [1.165, 1.54) is 6.26 Å². The lowest BCUT2D eigenvalue weighted by atomic mass is 10.3. The molecule has 1 fully saturated rings. The summed E-state index contributed by atoms with van der Waals surface area (Å²) in [6.07, 6.45) is 1.43. The Labute approximate surface area is 181 Å². The maximum atomic E-state index is 12.5. The number of carbonyl (C=O) groups excluding carboxylic acids is 3. The number of nitrogens with zero attached hydrogens (tertiary/aromatic N) is 2. The number of piperazine rings is 1. The average molecular weight is 428 g/mol. The molecule has 2 aromatic rings. The number of anilines is 1. The topological polar surface area (TPSA) is 104 Å². The summed E-state index contributed by atoms with van der Waals surface area (Å²) in [5.74, 6) is 0.212. The fourth-order valence-electron chi connectivity index (χ4n) is 3.23. The Bertz CT molecular complexity index is 889. The highest BCUT2D eigenvalue weighted by molar-refractivity contribution is 6.02. The molecule has 0 bridgehead atoms. The lowest BCUT2D eigenvalue weighted by Crippen LogP contribution is -2.52. The first-order valence-corrected chi connectivity index (χ1v) is 10.3. The molecule has 2 N–H and O–H groups in total. The van der Waals surface area contributed by atoms with Crippen molar-refractivity contribution in [2.75, 3.05) is 44.6 Å². The number of nitrogens with one attached hydrogen (secondary N) is 2. The summed E-state index contributed by atoms with van der Waals surface area (Å²) < 4.78 is 10.7. The van der Waals surface area contributed by atoms with Gasteiger partial charge >= 0.3 is 0 Å². The quantitative estimate of drug-likeness (QED) is 0.662. The van der Waals surface area contributed by atoms with Crippen molar-refractivity contribution >= 4 is 23.4 Å². The molecular weight excluding hydrogens is 400 g/mol. The summed E-state index contributed by atoms with van der Waals surface area (Å²) >= 11 is 0. The molecule has 2 heterocycles. The van der Waals surface area contributed by atoms with E-state index >= 15 is 0 Å². The minimum Gasteiger partial charge on any atom is -0.484 e. The summed E-state index contributed by atoms with van der Waals surface area (Å²) in [6.45, 7) is 6.50. The molecule has 0 atom stereocenters. The molecular formula is C22H28N4O5. The van der Waals surface area contributed by atoms with Crippen LogP contribution in [0.3, 0.4) is 0 Å².